The third-order valence-electron chi connectivity index (χ3n) is 8.78. The number of benzene rings is 6. The van der Waals surface area contributed by atoms with Crippen molar-refractivity contribution in [2.75, 3.05) is 0 Å². The van der Waals surface area contributed by atoms with Crippen LogP contribution in [-0.2, 0) is 6.18 Å². The molecule has 1 aromatic heterocycles. The molecule has 0 saturated carbocycles. The Labute approximate surface area is 252 Å². The Morgan fingerprint density at radius 2 is 1.25 bits per heavy atom. The summed E-state index contributed by atoms with van der Waals surface area (Å²) in [6.07, 6.45) is -2.99. The van der Waals surface area contributed by atoms with Crippen molar-refractivity contribution in [2.45, 2.75) is 24.9 Å². The van der Waals surface area contributed by atoms with Crippen LogP contribution in [0.4, 0.5) is 18.9 Å². The highest BCUT2D eigenvalue weighted by Crippen LogP contribution is 2.48. The van der Waals surface area contributed by atoms with Crippen LogP contribution in [0, 0.1) is 0 Å². The van der Waals surface area contributed by atoms with E-state index in [0.29, 0.717) is 12.8 Å². The standard InChI is InChI=1S/C39H26F3NO/c40-39(41,42)28-19-17-24(18-20-28)29-21-22-34(25-13-15-26(16-14-25)36-23-27-7-1-6-12-35(27)44-36)43-38-33-11-5-3-9-31(33)30-8-2-4-10-32(30)37(29)38/h1-20,23,29H,21-22H2. The summed E-state index contributed by atoms with van der Waals surface area (Å²) in [6, 6.07) is 40.5. The second-order valence-electron chi connectivity index (χ2n) is 11.3. The molecule has 2 heterocycles. The second kappa shape index (κ2) is 10.2. The van der Waals surface area contributed by atoms with E-state index in [4.69, 9.17) is 9.41 Å². The number of hydrogen-bond acceptors (Lipinski definition) is 2. The molecule has 5 heteroatoms. The maximum atomic E-state index is 13.5. The van der Waals surface area contributed by atoms with Gasteiger partial charge in [-0.3, -0.25) is 4.99 Å². The van der Waals surface area contributed by atoms with Gasteiger partial charge in [-0.05, 0) is 70.0 Å². The second-order valence-corrected chi connectivity index (χ2v) is 11.3. The zero-order chi connectivity index (χ0) is 29.8. The van der Waals surface area contributed by atoms with Crippen molar-refractivity contribution in [2.24, 2.45) is 4.99 Å². The SMILES string of the molecule is FC(F)(F)c1ccc(C2CCC(c3ccc(-c4cc5ccccc5o4)cc3)=Nc3c2c2ccccc2c2ccccc32)cc1. The monoisotopic (exact) mass is 581 g/mol. The van der Waals surface area contributed by atoms with Gasteiger partial charge >= 0.3 is 6.18 Å². The van der Waals surface area contributed by atoms with Crippen LogP contribution in [-0.4, -0.2) is 5.71 Å². The minimum Gasteiger partial charge on any atom is -0.456 e. The molecule has 0 spiro atoms. The van der Waals surface area contributed by atoms with Crippen LogP contribution in [0.1, 0.15) is 41.0 Å². The van der Waals surface area contributed by atoms with E-state index in [0.717, 1.165) is 71.9 Å². The summed E-state index contributed by atoms with van der Waals surface area (Å²) in [5.74, 6) is 0.684. The average molecular weight is 582 g/mol. The summed E-state index contributed by atoms with van der Waals surface area (Å²) in [5, 5.41) is 5.41. The molecule has 1 aliphatic heterocycles. The van der Waals surface area contributed by atoms with Crippen LogP contribution in [0.15, 0.2) is 137 Å². The molecule has 0 fully saturated rings. The van der Waals surface area contributed by atoms with Gasteiger partial charge in [0.05, 0.1) is 11.3 Å². The molecule has 0 radical (unpaired) electrons. The highest BCUT2D eigenvalue weighted by molar-refractivity contribution is 6.17. The number of nitrogens with zero attached hydrogens (tertiary/aromatic N) is 1. The summed E-state index contributed by atoms with van der Waals surface area (Å²) >= 11 is 0. The predicted molar refractivity (Wildman–Crippen MR) is 172 cm³/mol. The maximum absolute atomic E-state index is 13.5. The molecule has 2 nitrogen and oxygen atoms in total. The molecular formula is C39H26F3NO. The summed E-state index contributed by atoms with van der Waals surface area (Å²) in [7, 11) is 0. The topological polar surface area (TPSA) is 25.5 Å². The van der Waals surface area contributed by atoms with Crippen molar-refractivity contribution in [1.29, 1.82) is 0 Å². The number of halogens is 3. The van der Waals surface area contributed by atoms with Gasteiger partial charge in [0.2, 0.25) is 0 Å². The highest BCUT2D eigenvalue weighted by atomic mass is 19.4. The Bertz CT molecular complexity index is 2170. The lowest BCUT2D eigenvalue weighted by atomic mass is 9.82. The van der Waals surface area contributed by atoms with Gasteiger partial charge in [0, 0.05) is 28.0 Å². The van der Waals surface area contributed by atoms with Crippen LogP contribution in [0.5, 0.6) is 0 Å². The number of rotatable bonds is 3. The van der Waals surface area contributed by atoms with Crippen molar-refractivity contribution in [3.05, 3.63) is 150 Å². The third-order valence-corrected chi connectivity index (χ3v) is 8.78. The zero-order valence-electron chi connectivity index (χ0n) is 23.6. The van der Waals surface area contributed by atoms with Crippen LogP contribution < -0.4 is 0 Å². The highest BCUT2D eigenvalue weighted by Gasteiger charge is 2.31. The van der Waals surface area contributed by atoms with Crippen LogP contribution in [0.25, 0.3) is 43.8 Å². The Balaban J connectivity index is 1.28. The van der Waals surface area contributed by atoms with Gasteiger partial charge in [-0.15, -0.1) is 0 Å². The average Bonchev–Trinajstić information content (AvgIpc) is 3.39. The normalized spacial score (nSPS) is 15.3. The van der Waals surface area contributed by atoms with E-state index < -0.39 is 11.7 Å². The molecule has 0 bridgehead atoms. The molecule has 6 aromatic carbocycles. The predicted octanol–water partition coefficient (Wildman–Crippen LogP) is 11.5. The van der Waals surface area contributed by atoms with Gasteiger partial charge < -0.3 is 4.42 Å². The summed E-state index contributed by atoms with van der Waals surface area (Å²) in [6.45, 7) is 0. The molecule has 214 valence electrons. The van der Waals surface area contributed by atoms with E-state index in [1.165, 1.54) is 12.1 Å². The fourth-order valence-electron chi connectivity index (χ4n) is 6.64. The Morgan fingerprint density at radius 1 is 0.636 bits per heavy atom. The maximum Gasteiger partial charge on any atom is 0.416 e. The fraction of sp³-hybridized carbons (Fsp3) is 0.103. The van der Waals surface area contributed by atoms with E-state index in [2.05, 4.69) is 54.6 Å². The molecule has 0 saturated heterocycles. The van der Waals surface area contributed by atoms with Crippen LogP contribution in [0.3, 0.4) is 0 Å². The van der Waals surface area contributed by atoms with Crippen molar-refractivity contribution >= 4 is 43.9 Å². The lowest BCUT2D eigenvalue weighted by molar-refractivity contribution is -0.137. The third kappa shape index (κ3) is 4.47. The van der Waals surface area contributed by atoms with Gasteiger partial charge in [-0.1, -0.05) is 103 Å². The Hall–Kier alpha value is -5.16. The fourth-order valence-corrected chi connectivity index (χ4v) is 6.64. The lowest BCUT2D eigenvalue weighted by Gasteiger charge is -2.22. The minimum absolute atomic E-state index is 0.127. The van der Waals surface area contributed by atoms with E-state index in [9.17, 15) is 13.2 Å². The molecule has 8 rings (SSSR count). The lowest BCUT2D eigenvalue weighted by Crippen LogP contribution is -2.07. The first kappa shape index (κ1) is 26.5. The van der Waals surface area contributed by atoms with Gasteiger partial charge in [0.25, 0.3) is 0 Å². The first-order valence-electron chi connectivity index (χ1n) is 14.7. The summed E-state index contributed by atoms with van der Waals surface area (Å²) < 4.78 is 46.4. The molecule has 0 amide bonds. The smallest absolute Gasteiger partial charge is 0.416 e. The number of furan rings is 1. The van der Waals surface area contributed by atoms with Gasteiger partial charge in [0.1, 0.15) is 11.3 Å². The van der Waals surface area contributed by atoms with Gasteiger partial charge in [0.15, 0.2) is 0 Å². The van der Waals surface area contributed by atoms with Crippen molar-refractivity contribution in [1.82, 2.24) is 0 Å². The molecule has 0 N–H and O–H groups in total. The number of para-hydroxylation sites is 1. The molecule has 0 aliphatic carbocycles. The molecule has 1 aliphatic rings. The zero-order valence-corrected chi connectivity index (χ0v) is 23.6. The number of alkyl halides is 3. The van der Waals surface area contributed by atoms with E-state index >= 15 is 0 Å². The molecule has 1 unspecified atom stereocenters. The van der Waals surface area contributed by atoms with Gasteiger partial charge in [-0.2, -0.15) is 13.2 Å². The first-order chi connectivity index (χ1) is 21.4. The molecule has 1 atom stereocenters. The molecule has 44 heavy (non-hydrogen) atoms. The number of aliphatic imine (C=N–C) groups is 1. The molecular weight excluding hydrogens is 555 g/mol. The first-order valence-corrected chi connectivity index (χ1v) is 14.7. The van der Waals surface area contributed by atoms with Crippen molar-refractivity contribution in [3.8, 4) is 11.3 Å². The van der Waals surface area contributed by atoms with Crippen LogP contribution in [0.2, 0.25) is 0 Å². The largest absolute Gasteiger partial charge is 0.456 e. The van der Waals surface area contributed by atoms with E-state index in [-0.39, 0.29) is 5.92 Å². The Kier molecular flexibility index (Phi) is 6.16. The molecule has 7 aromatic rings. The van der Waals surface area contributed by atoms with Gasteiger partial charge in [-0.25, -0.2) is 0 Å². The van der Waals surface area contributed by atoms with E-state index in [1.807, 2.05) is 48.5 Å². The number of fused-ring (bicyclic) bond motifs is 7. The van der Waals surface area contributed by atoms with Crippen molar-refractivity contribution < 1.29 is 17.6 Å². The van der Waals surface area contributed by atoms with Crippen LogP contribution >= 0.6 is 0 Å². The van der Waals surface area contributed by atoms with E-state index in [1.54, 1.807) is 12.1 Å². The summed E-state index contributed by atoms with van der Waals surface area (Å²) in [5.41, 5.74) is 5.98. The van der Waals surface area contributed by atoms with Crippen molar-refractivity contribution in [3.63, 3.8) is 0 Å². The summed E-state index contributed by atoms with van der Waals surface area (Å²) in [4.78, 5) is 5.37. The quantitative estimate of drug-likeness (QED) is 0.191. The minimum atomic E-state index is -4.38. The Morgan fingerprint density at radius 3 is 1.95 bits per heavy atom. The number of hydrogen-bond donors (Lipinski definition) is 0.